The van der Waals surface area contributed by atoms with Gasteiger partial charge in [0, 0.05) is 31.3 Å². The van der Waals surface area contributed by atoms with Crippen molar-refractivity contribution < 1.29 is 13.7 Å². The zero-order chi connectivity index (χ0) is 15.7. The Morgan fingerprint density at radius 3 is 2.77 bits per heavy atom. The van der Waals surface area contributed by atoms with Crippen molar-refractivity contribution in [3.8, 4) is 0 Å². The van der Waals surface area contributed by atoms with Gasteiger partial charge in [0.15, 0.2) is 11.6 Å². The van der Waals surface area contributed by atoms with Crippen LogP contribution in [0.1, 0.15) is 33.3 Å². The largest absolute Gasteiger partial charge is 0.456 e. The van der Waals surface area contributed by atoms with Crippen LogP contribution in [0.4, 0.5) is 5.82 Å². The third kappa shape index (κ3) is 2.78. The Balaban J connectivity index is 1.72. The standard InChI is InChI=1S/C15H16N4O3/c1-9-12(10(2)22-18-9)8-11-4-5-13(21-11)15(20)16-14-6-7-19(3)17-14/h4-7H,8H2,1-3H3,(H,16,17,20). The lowest BCUT2D eigenvalue weighted by molar-refractivity contribution is 0.0994. The number of hydrogen-bond acceptors (Lipinski definition) is 5. The fourth-order valence-electron chi connectivity index (χ4n) is 2.18. The Morgan fingerprint density at radius 1 is 1.32 bits per heavy atom. The topological polar surface area (TPSA) is 86.1 Å². The van der Waals surface area contributed by atoms with E-state index in [-0.39, 0.29) is 11.7 Å². The van der Waals surface area contributed by atoms with E-state index in [0.29, 0.717) is 18.0 Å². The molecule has 0 fully saturated rings. The molecule has 22 heavy (non-hydrogen) atoms. The monoisotopic (exact) mass is 300 g/mol. The summed E-state index contributed by atoms with van der Waals surface area (Å²) in [6, 6.07) is 5.14. The summed E-state index contributed by atoms with van der Waals surface area (Å²) in [5.74, 6) is 1.83. The maximum Gasteiger partial charge on any atom is 0.292 e. The quantitative estimate of drug-likeness (QED) is 0.800. The second-order valence-corrected chi connectivity index (χ2v) is 5.07. The first kappa shape index (κ1) is 14.1. The fourth-order valence-corrected chi connectivity index (χ4v) is 2.18. The highest BCUT2D eigenvalue weighted by Gasteiger charge is 2.15. The normalized spacial score (nSPS) is 10.9. The first-order valence-corrected chi connectivity index (χ1v) is 6.84. The molecule has 3 heterocycles. The van der Waals surface area contributed by atoms with Crippen LogP contribution in [-0.4, -0.2) is 20.8 Å². The minimum atomic E-state index is -0.330. The Hall–Kier alpha value is -2.83. The summed E-state index contributed by atoms with van der Waals surface area (Å²) in [6.07, 6.45) is 2.29. The molecule has 0 aliphatic carbocycles. The van der Waals surface area contributed by atoms with Crippen molar-refractivity contribution in [2.75, 3.05) is 5.32 Å². The number of carbonyl (C=O) groups excluding carboxylic acids is 1. The second kappa shape index (κ2) is 5.51. The van der Waals surface area contributed by atoms with Crippen LogP contribution in [0.15, 0.2) is 33.3 Å². The molecule has 0 spiro atoms. The van der Waals surface area contributed by atoms with E-state index in [4.69, 9.17) is 8.94 Å². The summed E-state index contributed by atoms with van der Waals surface area (Å²) in [4.78, 5) is 12.1. The van der Waals surface area contributed by atoms with Gasteiger partial charge in [0.1, 0.15) is 11.5 Å². The van der Waals surface area contributed by atoms with Gasteiger partial charge in [0.25, 0.3) is 5.91 Å². The van der Waals surface area contributed by atoms with Crippen LogP contribution in [0.2, 0.25) is 0 Å². The zero-order valence-electron chi connectivity index (χ0n) is 12.6. The SMILES string of the molecule is Cc1noc(C)c1Cc1ccc(C(=O)Nc2ccn(C)n2)o1. The molecule has 0 saturated carbocycles. The van der Waals surface area contributed by atoms with E-state index in [0.717, 1.165) is 17.0 Å². The number of nitrogens with zero attached hydrogens (tertiary/aromatic N) is 3. The van der Waals surface area contributed by atoms with Crippen LogP contribution >= 0.6 is 0 Å². The summed E-state index contributed by atoms with van der Waals surface area (Å²) in [5.41, 5.74) is 1.81. The summed E-state index contributed by atoms with van der Waals surface area (Å²) < 4.78 is 12.3. The Bertz CT molecular complexity index is 793. The van der Waals surface area contributed by atoms with Crippen LogP contribution in [0.5, 0.6) is 0 Å². The van der Waals surface area contributed by atoms with Gasteiger partial charge >= 0.3 is 0 Å². The average Bonchev–Trinajstić information content (AvgIpc) is 3.17. The fraction of sp³-hybridized carbons (Fsp3) is 0.267. The lowest BCUT2D eigenvalue weighted by Crippen LogP contribution is -2.11. The smallest absolute Gasteiger partial charge is 0.292 e. The molecule has 114 valence electrons. The maximum atomic E-state index is 12.1. The average molecular weight is 300 g/mol. The number of nitrogens with one attached hydrogen (secondary N) is 1. The highest BCUT2D eigenvalue weighted by atomic mass is 16.5. The Morgan fingerprint density at radius 2 is 2.14 bits per heavy atom. The summed E-state index contributed by atoms with van der Waals surface area (Å²) in [5, 5.41) is 10.7. The van der Waals surface area contributed by atoms with E-state index in [1.807, 2.05) is 13.8 Å². The molecule has 0 aliphatic rings. The first-order valence-electron chi connectivity index (χ1n) is 6.84. The van der Waals surface area contributed by atoms with E-state index < -0.39 is 0 Å². The molecule has 1 N–H and O–H groups in total. The van der Waals surface area contributed by atoms with Gasteiger partial charge in [0.2, 0.25) is 0 Å². The van der Waals surface area contributed by atoms with Gasteiger partial charge in [-0.3, -0.25) is 9.48 Å². The maximum absolute atomic E-state index is 12.1. The van der Waals surface area contributed by atoms with Crippen molar-refractivity contribution in [2.24, 2.45) is 7.05 Å². The number of anilines is 1. The van der Waals surface area contributed by atoms with Crippen molar-refractivity contribution in [3.63, 3.8) is 0 Å². The summed E-state index contributed by atoms with van der Waals surface area (Å²) in [7, 11) is 1.78. The van der Waals surface area contributed by atoms with Crippen molar-refractivity contribution in [1.29, 1.82) is 0 Å². The van der Waals surface area contributed by atoms with Gasteiger partial charge < -0.3 is 14.3 Å². The molecular formula is C15H16N4O3. The Kier molecular flexibility index (Phi) is 3.54. The number of furan rings is 1. The predicted molar refractivity (Wildman–Crippen MR) is 78.7 cm³/mol. The highest BCUT2D eigenvalue weighted by molar-refractivity contribution is 6.01. The van der Waals surface area contributed by atoms with Crippen LogP contribution in [0.3, 0.4) is 0 Å². The molecule has 1 amide bonds. The number of aryl methyl sites for hydroxylation is 3. The lowest BCUT2D eigenvalue weighted by Gasteiger charge is -1.99. The molecule has 0 bridgehead atoms. The van der Waals surface area contributed by atoms with Gasteiger partial charge in [-0.25, -0.2) is 0 Å². The van der Waals surface area contributed by atoms with E-state index in [2.05, 4.69) is 15.6 Å². The minimum Gasteiger partial charge on any atom is -0.456 e. The van der Waals surface area contributed by atoms with E-state index >= 15 is 0 Å². The number of amides is 1. The molecule has 0 radical (unpaired) electrons. The molecular weight excluding hydrogens is 284 g/mol. The Labute approximate surface area is 126 Å². The molecule has 7 heteroatoms. The third-order valence-electron chi connectivity index (χ3n) is 3.37. The van der Waals surface area contributed by atoms with Gasteiger partial charge in [-0.15, -0.1) is 0 Å². The molecule has 3 aromatic rings. The molecule has 0 aromatic carbocycles. The number of rotatable bonds is 4. The van der Waals surface area contributed by atoms with Gasteiger partial charge in [-0.05, 0) is 26.0 Å². The van der Waals surface area contributed by atoms with Crippen LogP contribution < -0.4 is 5.32 Å². The molecule has 0 unspecified atom stereocenters. The minimum absolute atomic E-state index is 0.243. The van der Waals surface area contributed by atoms with E-state index in [1.165, 1.54) is 0 Å². The van der Waals surface area contributed by atoms with Crippen molar-refractivity contribution >= 4 is 11.7 Å². The summed E-state index contributed by atoms with van der Waals surface area (Å²) in [6.45, 7) is 3.73. The van der Waals surface area contributed by atoms with E-state index in [1.54, 1.807) is 36.1 Å². The molecule has 0 saturated heterocycles. The van der Waals surface area contributed by atoms with Crippen molar-refractivity contribution in [2.45, 2.75) is 20.3 Å². The molecule has 0 atom stereocenters. The van der Waals surface area contributed by atoms with Crippen LogP contribution in [0, 0.1) is 13.8 Å². The number of hydrogen-bond donors (Lipinski definition) is 1. The van der Waals surface area contributed by atoms with Gasteiger partial charge in [-0.1, -0.05) is 5.16 Å². The van der Waals surface area contributed by atoms with Crippen molar-refractivity contribution in [1.82, 2.24) is 14.9 Å². The number of carbonyl (C=O) groups is 1. The van der Waals surface area contributed by atoms with Gasteiger partial charge in [0.05, 0.1) is 5.69 Å². The molecule has 3 aromatic heterocycles. The zero-order valence-corrected chi connectivity index (χ0v) is 12.6. The van der Waals surface area contributed by atoms with Gasteiger partial charge in [-0.2, -0.15) is 5.10 Å². The summed E-state index contributed by atoms with van der Waals surface area (Å²) >= 11 is 0. The van der Waals surface area contributed by atoms with Crippen molar-refractivity contribution in [3.05, 3.63) is 52.9 Å². The van der Waals surface area contributed by atoms with Crippen LogP contribution in [-0.2, 0) is 13.5 Å². The third-order valence-corrected chi connectivity index (χ3v) is 3.37. The predicted octanol–water partition coefficient (Wildman–Crippen LogP) is 2.46. The lowest BCUT2D eigenvalue weighted by atomic mass is 10.1. The second-order valence-electron chi connectivity index (χ2n) is 5.07. The highest BCUT2D eigenvalue weighted by Crippen LogP contribution is 2.19. The molecule has 7 nitrogen and oxygen atoms in total. The first-order chi connectivity index (χ1) is 10.5. The van der Waals surface area contributed by atoms with E-state index in [9.17, 15) is 4.79 Å². The molecule has 3 rings (SSSR count). The molecule has 0 aliphatic heterocycles. The van der Waals surface area contributed by atoms with Crippen LogP contribution in [0.25, 0.3) is 0 Å². The number of aromatic nitrogens is 3.